The minimum absolute atomic E-state index is 0.539. The molecule has 0 spiro atoms. The number of hydrogen-bond donors (Lipinski definition) is 0. The third-order valence-corrected chi connectivity index (χ3v) is 4.35. The fraction of sp³-hybridized carbons (Fsp3) is 1.00. The lowest BCUT2D eigenvalue weighted by atomic mass is 10.1. The third-order valence-electron chi connectivity index (χ3n) is 2.14. The summed E-state index contributed by atoms with van der Waals surface area (Å²) in [7, 11) is -2.87. The largest absolute Gasteiger partial charge is 0.229 e. The summed E-state index contributed by atoms with van der Waals surface area (Å²) in [6.07, 6.45) is 4.12. The summed E-state index contributed by atoms with van der Waals surface area (Å²) < 4.78 is 21.8. The lowest BCUT2D eigenvalue weighted by molar-refractivity contribution is 0.518. The quantitative estimate of drug-likeness (QED) is 0.660. The molecule has 0 bridgehead atoms. The molecule has 3 heteroatoms. The van der Waals surface area contributed by atoms with Gasteiger partial charge in [-0.3, -0.25) is 0 Å². The predicted octanol–water partition coefficient (Wildman–Crippen LogP) is 2.00. The lowest BCUT2D eigenvalue weighted by Gasteiger charge is -2.21. The highest BCUT2D eigenvalue weighted by Crippen LogP contribution is 2.21. The minimum atomic E-state index is -2.87. The molecule has 0 aliphatic carbocycles. The van der Waals surface area contributed by atoms with Crippen molar-refractivity contribution in [2.24, 2.45) is 0 Å². The Morgan fingerprint density at radius 1 is 1.27 bits per heavy atom. The van der Waals surface area contributed by atoms with Crippen LogP contribution in [-0.4, -0.2) is 19.4 Å². The van der Waals surface area contributed by atoms with Gasteiger partial charge in [-0.1, -0.05) is 19.8 Å². The van der Waals surface area contributed by atoms with Gasteiger partial charge in [0.15, 0.2) is 9.84 Å². The van der Waals surface area contributed by atoms with Crippen molar-refractivity contribution in [2.45, 2.75) is 44.8 Å². The van der Waals surface area contributed by atoms with Crippen LogP contribution in [0.1, 0.15) is 40.0 Å². The third kappa shape index (κ3) is 3.23. The molecule has 0 aliphatic heterocycles. The molecule has 0 heterocycles. The van der Waals surface area contributed by atoms with Gasteiger partial charge in [-0.05, 0) is 20.3 Å². The molecule has 0 aromatic heterocycles. The molecule has 0 rings (SSSR count). The molecule has 0 aliphatic rings. The van der Waals surface area contributed by atoms with Crippen molar-refractivity contribution >= 4 is 9.84 Å². The zero-order valence-corrected chi connectivity index (χ0v) is 8.66. The second kappa shape index (κ2) is 3.57. The summed E-state index contributed by atoms with van der Waals surface area (Å²) in [6.45, 7) is 5.65. The van der Waals surface area contributed by atoms with E-state index in [2.05, 4.69) is 6.92 Å². The second-order valence-corrected chi connectivity index (χ2v) is 6.28. The van der Waals surface area contributed by atoms with Gasteiger partial charge in [-0.15, -0.1) is 0 Å². The van der Waals surface area contributed by atoms with Crippen molar-refractivity contribution in [3.8, 4) is 0 Å². The van der Waals surface area contributed by atoms with Crippen LogP contribution in [0.15, 0.2) is 0 Å². The highest BCUT2D eigenvalue weighted by atomic mass is 32.2. The van der Waals surface area contributed by atoms with E-state index in [1.807, 2.05) is 0 Å². The number of sulfone groups is 1. The SMILES string of the molecule is CCCCC(C)(C)S(C)(=O)=O. The van der Waals surface area contributed by atoms with Crippen LogP contribution in [0.2, 0.25) is 0 Å². The van der Waals surface area contributed by atoms with Gasteiger partial charge in [0, 0.05) is 6.26 Å². The van der Waals surface area contributed by atoms with Crippen LogP contribution in [-0.2, 0) is 9.84 Å². The Labute approximate surface area is 69.9 Å². The van der Waals surface area contributed by atoms with E-state index >= 15 is 0 Å². The average Bonchev–Trinajstić information content (AvgIpc) is 1.81. The van der Waals surface area contributed by atoms with Crippen LogP contribution in [0.5, 0.6) is 0 Å². The molecule has 11 heavy (non-hydrogen) atoms. The molecule has 0 amide bonds. The van der Waals surface area contributed by atoms with Gasteiger partial charge in [0.25, 0.3) is 0 Å². The van der Waals surface area contributed by atoms with Gasteiger partial charge in [-0.2, -0.15) is 0 Å². The zero-order chi connectivity index (χ0) is 9.12. The van der Waals surface area contributed by atoms with E-state index < -0.39 is 14.6 Å². The van der Waals surface area contributed by atoms with Crippen molar-refractivity contribution < 1.29 is 8.42 Å². The first kappa shape index (κ1) is 11.0. The van der Waals surface area contributed by atoms with E-state index in [-0.39, 0.29) is 0 Å². The molecule has 0 fully saturated rings. The monoisotopic (exact) mass is 178 g/mol. The van der Waals surface area contributed by atoms with Crippen LogP contribution in [0, 0.1) is 0 Å². The molecular formula is C8H18O2S. The van der Waals surface area contributed by atoms with Crippen LogP contribution in [0.25, 0.3) is 0 Å². The fourth-order valence-electron chi connectivity index (χ4n) is 0.788. The lowest BCUT2D eigenvalue weighted by Crippen LogP contribution is -2.30. The topological polar surface area (TPSA) is 34.1 Å². The summed E-state index contributed by atoms with van der Waals surface area (Å²) in [4.78, 5) is 0. The van der Waals surface area contributed by atoms with E-state index in [0.29, 0.717) is 0 Å². The van der Waals surface area contributed by atoms with E-state index in [1.165, 1.54) is 6.26 Å². The van der Waals surface area contributed by atoms with Crippen molar-refractivity contribution in [1.29, 1.82) is 0 Å². The normalized spacial score (nSPS) is 13.5. The van der Waals surface area contributed by atoms with Gasteiger partial charge < -0.3 is 0 Å². The Balaban J connectivity index is 4.24. The Morgan fingerprint density at radius 3 is 2.00 bits per heavy atom. The van der Waals surface area contributed by atoms with Crippen molar-refractivity contribution in [3.05, 3.63) is 0 Å². The van der Waals surface area contributed by atoms with Gasteiger partial charge >= 0.3 is 0 Å². The summed E-state index contributed by atoms with van der Waals surface area (Å²) >= 11 is 0. The first-order valence-corrected chi connectivity index (χ1v) is 5.90. The predicted molar refractivity (Wildman–Crippen MR) is 48.4 cm³/mol. The van der Waals surface area contributed by atoms with Crippen molar-refractivity contribution in [1.82, 2.24) is 0 Å². The Bertz CT molecular complexity index is 202. The molecule has 0 N–H and O–H groups in total. The van der Waals surface area contributed by atoms with Crippen LogP contribution < -0.4 is 0 Å². The smallest absolute Gasteiger partial charge is 0.152 e. The maximum absolute atomic E-state index is 11.2. The van der Waals surface area contributed by atoms with Crippen LogP contribution in [0.3, 0.4) is 0 Å². The van der Waals surface area contributed by atoms with E-state index in [0.717, 1.165) is 19.3 Å². The Kier molecular flexibility index (Phi) is 3.55. The fourth-order valence-corrected chi connectivity index (χ4v) is 1.30. The zero-order valence-electron chi connectivity index (χ0n) is 7.85. The molecule has 0 unspecified atom stereocenters. The molecule has 2 nitrogen and oxygen atoms in total. The molecule has 0 saturated heterocycles. The Hall–Kier alpha value is -0.0500. The first-order valence-electron chi connectivity index (χ1n) is 4.01. The molecule has 0 atom stereocenters. The van der Waals surface area contributed by atoms with Gasteiger partial charge in [0.1, 0.15) is 0 Å². The van der Waals surface area contributed by atoms with Gasteiger partial charge in [-0.25, -0.2) is 8.42 Å². The maximum Gasteiger partial charge on any atom is 0.152 e. The molecule has 0 aromatic rings. The molecular weight excluding hydrogens is 160 g/mol. The summed E-state index contributed by atoms with van der Waals surface area (Å²) in [5, 5.41) is 0. The van der Waals surface area contributed by atoms with E-state index in [4.69, 9.17) is 0 Å². The molecule has 0 aromatic carbocycles. The van der Waals surface area contributed by atoms with E-state index in [9.17, 15) is 8.42 Å². The van der Waals surface area contributed by atoms with Crippen molar-refractivity contribution in [3.63, 3.8) is 0 Å². The molecule has 0 radical (unpaired) electrons. The number of unbranched alkanes of at least 4 members (excludes halogenated alkanes) is 1. The maximum atomic E-state index is 11.2. The highest BCUT2D eigenvalue weighted by molar-refractivity contribution is 7.92. The first-order chi connectivity index (χ1) is 4.81. The van der Waals surface area contributed by atoms with Crippen LogP contribution in [0.4, 0.5) is 0 Å². The summed E-state index contributed by atoms with van der Waals surface area (Å²) in [5.41, 5.74) is 0. The highest BCUT2D eigenvalue weighted by Gasteiger charge is 2.28. The standard InChI is InChI=1S/C8H18O2S/c1-5-6-7-8(2,3)11(4,9)10/h5-7H2,1-4H3. The molecule has 0 saturated carbocycles. The van der Waals surface area contributed by atoms with E-state index in [1.54, 1.807) is 13.8 Å². The van der Waals surface area contributed by atoms with Crippen LogP contribution >= 0.6 is 0 Å². The molecule has 68 valence electrons. The van der Waals surface area contributed by atoms with Crippen molar-refractivity contribution in [2.75, 3.05) is 6.26 Å². The second-order valence-electron chi connectivity index (χ2n) is 3.64. The Morgan fingerprint density at radius 2 is 1.73 bits per heavy atom. The van der Waals surface area contributed by atoms with Gasteiger partial charge in [0.2, 0.25) is 0 Å². The summed E-state index contributed by atoms with van der Waals surface area (Å²) in [6, 6.07) is 0. The van der Waals surface area contributed by atoms with Gasteiger partial charge in [0.05, 0.1) is 4.75 Å². The minimum Gasteiger partial charge on any atom is -0.229 e. The number of hydrogen-bond acceptors (Lipinski definition) is 2. The summed E-state index contributed by atoms with van der Waals surface area (Å²) in [5.74, 6) is 0. The average molecular weight is 178 g/mol. The number of rotatable bonds is 4.